The molecule has 0 bridgehead atoms. The highest BCUT2D eigenvalue weighted by Crippen LogP contribution is 2.21. The largest absolute Gasteiger partial charge is 0.308 e. The minimum Gasteiger partial charge on any atom is -0.308 e. The van der Waals surface area contributed by atoms with Crippen molar-refractivity contribution in [3.63, 3.8) is 0 Å². The normalized spacial score (nSPS) is 10.9. The van der Waals surface area contributed by atoms with Gasteiger partial charge in [0.05, 0.1) is 6.54 Å². The highest BCUT2D eigenvalue weighted by molar-refractivity contribution is 5.65. The summed E-state index contributed by atoms with van der Waals surface area (Å²) in [6.45, 7) is 7.04. The zero-order valence-electron chi connectivity index (χ0n) is 11.1. The van der Waals surface area contributed by atoms with E-state index in [1.54, 1.807) is 0 Å². The summed E-state index contributed by atoms with van der Waals surface area (Å²) < 4.78 is 0. The summed E-state index contributed by atoms with van der Waals surface area (Å²) in [5.41, 5.74) is 3.51. The molecule has 0 unspecified atom stereocenters. The summed E-state index contributed by atoms with van der Waals surface area (Å²) >= 11 is 0. The second-order valence-corrected chi connectivity index (χ2v) is 4.74. The Morgan fingerprint density at radius 1 is 1.11 bits per heavy atom. The first-order chi connectivity index (χ1) is 8.66. The third-order valence-corrected chi connectivity index (χ3v) is 2.83. The van der Waals surface area contributed by atoms with Crippen LogP contribution in [0.1, 0.15) is 25.2 Å². The Balaban J connectivity index is 2.15. The third kappa shape index (κ3) is 3.14. The zero-order chi connectivity index (χ0) is 13.0. The first-order valence-corrected chi connectivity index (χ1v) is 6.27. The molecule has 1 heterocycles. The smallest absolute Gasteiger partial charge is 0.141 e. The maximum absolute atomic E-state index is 4.39. The number of aromatic nitrogens is 2. The predicted molar refractivity (Wildman–Crippen MR) is 74.2 cm³/mol. The fraction of sp³-hybridized carbons (Fsp3) is 0.333. The van der Waals surface area contributed by atoms with E-state index in [1.807, 2.05) is 24.5 Å². The maximum Gasteiger partial charge on any atom is 0.141 e. The fourth-order valence-corrected chi connectivity index (χ4v) is 1.78. The molecule has 0 aliphatic carbocycles. The van der Waals surface area contributed by atoms with Gasteiger partial charge in [0, 0.05) is 24.0 Å². The van der Waals surface area contributed by atoms with Crippen molar-refractivity contribution in [2.24, 2.45) is 0 Å². The summed E-state index contributed by atoms with van der Waals surface area (Å²) in [6, 6.07) is 8.73. The second-order valence-electron chi connectivity index (χ2n) is 4.74. The average Bonchev–Trinajstić information content (AvgIpc) is 2.38. The quantitative estimate of drug-likeness (QED) is 0.894. The topological polar surface area (TPSA) is 37.8 Å². The fourth-order valence-electron chi connectivity index (χ4n) is 1.78. The zero-order valence-corrected chi connectivity index (χ0v) is 11.1. The summed E-state index contributed by atoms with van der Waals surface area (Å²) in [4.78, 5) is 8.79. The molecule has 2 rings (SSSR count). The molecule has 0 saturated carbocycles. The van der Waals surface area contributed by atoms with Crippen LogP contribution in [-0.4, -0.2) is 16.0 Å². The van der Waals surface area contributed by atoms with Gasteiger partial charge in [-0.25, -0.2) is 9.97 Å². The molecule has 1 aromatic carbocycles. The molecule has 1 N–H and O–H groups in total. The number of nitrogens with one attached hydrogen (secondary N) is 1. The van der Waals surface area contributed by atoms with Crippen LogP contribution in [0.3, 0.4) is 0 Å². The maximum atomic E-state index is 4.39. The van der Waals surface area contributed by atoms with Crippen LogP contribution in [0.4, 0.5) is 0 Å². The van der Waals surface area contributed by atoms with Crippen LogP contribution in [0.5, 0.6) is 0 Å². The van der Waals surface area contributed by atoms with E-state index in [0.29, 0.717) is 12.6 Å². The number of hydrogen-bond acceptors (Lipinski definition) is 3. The van der Waals surface area contributed by atoms with E-state index < -0.39 is 0 Å². The SMILES string of the molecule is Cc1ccccc1-c1cnc(CNC(C)C)nc1. The molecule has 0 aliphatic heterocycles. The molecule has 94 valence electrons. The lowest BCUT2D eigenvalue weighted by molar-refractivity contribution is 0.572. The van der Waals surface area contributed by atoms with Gasteiger partial charge in [-0.3, -0.25) is 0 Å². The first kappa shape index (κ1) is 12.7. The van der Waals surface area contributed by atoms with Crippen LogP contribution in [0.25, 0.3) is 11.1 Å². The lowest BCUT2D eigenvalue weighted by Gasteiger charge is -2.08. The van der Waals surface area contributed by atoms with E-state index in [1.165, 1.54) is 11.1 Å². The van der Waals surface area contributed by atoms with Crippen molar-refractivity contribution in [3.05, 3.63) is 48.0 Å². The third-order valence-electron chi connectivity index (χ3n) is 2.83. The van der Waals surface area contributed by atoms with Crippen molar-refractivity contribution in [2.75, 3.05) is 0 Å². The Hall–Kier alpha value is -1.74. The van der Waals surface area contributed by atoms with Gasteiger partial charge in [0.15, 0.2) is 0 Å². The molecule has 0 aliphatic rings. The Labute approximate surface area is 108 Å². The molecule has 0 spiro atoms. The Kier molecular flexibility index (Phi) is 4.05. The van der Waals surface area contributed by atoms with Crippen LogP contribution in [-0.2, 0) is 6.54 Å². The summed E-state index contributed by atoms with van der Waals surface area (Å²) in [7, 11) is 0. The van der Waals surface area contributed by atoms with Crippen LogP contribution in [0.2, 0.25) is 0 Å². The van der Waals surface area contributed by atoms with Crippen molar-refractivity contribution in [2.45, 2.75) is 33.4 Å². The number of aryl methyl sites for hydroxylation is 1. The second kappa shape index (κ2) is 5.74. The van der Waals surface area contributed by atoms with Gasteiger partial charge in [-0.05, 0) is 18.1 Å². The molecule has 0 amide bonds. The van der Waals surface area contributed by atoms with E-state index in [4.69, 9.17) is 0 Å². The highest BCUT2D eigenvalue weighted by atomic mass is 15.0. The minimum atomic E-state index is 0.449. The molecule has 2 aromatic rings. The van der Waals surface area contributed by atoms with Gasteiger partial charge in [-0.15, -0.1) is 0 Å². The van der Waals surface area contributed by atoms with Crippen molar-refractivity contribution in [1.29, 1.82) is 0 Å². The molecular formula is C15H19N3. The molecule has 3 nitrogen and oxygen atoms in total. The molecule has 3 heteroatoms. The van der Waals surface area contributed by atoms with E-state index in [0.717, 1.165) is 11.4 Å². The Morgan fingerprint density at radius 2 is 1.78 bits per heavy atom. The van der Waals surface area contributed by atoms with Crippen LogP contribution >= 0.6 is 0 Å². The molecule has 0 atom stereocenters. The lowest BCUT2D eigenvalue weighted by Crippen LogP contribution is -2.23. The monoisotopic (exact) mass is 241 g/mol. The van der Waals surface area contributed by atoms with Gasteiger partial charge in [0.1, 0.15) is 5.82 Å². The van der Waals surface area contributed by atoms with Gasteiger partial charge in [0.25, 0.3) is 0 Å². The van der Waals surface area contributed by atoms with Crippen molar-refractivity contribution in [3.8, 4) is 11.1 Å². The van der Waals surface area contributed by atoms with Crippen LogP contribution in [0, 0.1) is 6.92 Å². The van der Waals surface area contributed by atoms with Gasteiger partial charge >= 0.3 is 0 Å². The van der Waals surface area contributed by atoms with E-state index in [2.05, 4.69) is 48.2 Å². The summed E-state index contributed by atoms with van der Waals surface area (Å²) in [5, 5.41) is 3.31. The van der Waals surface area contributed by atoms with Crippen LogP contribution < -0.4 is 5.32 Å². The Bertz CT molecular complexity index is 503. The van der Waals surface area contributed by atoms with Crippen molar-refractivity contribution < 1.29 is 0 Å². The van der Waals surface area contributed by atoms with Crippen molar-refractivity contribution in [1.82, 2.24) is 15.3 Å². The highest BCUT2D eigenvalue weighted by Gasteiger charge is 2.03. The molecule has 0 fully saturated rings. The summed E-state index contributed by atoms with van der Waals surface area (Å²) in [5.74, 6) is 0.834. The molecule has 1 aromatic heterocycles. The minimum absolute atomic E-state index is 0.449. The average molecular weight is 241 g/mol. The van der Waals surface area contributed by atoms with Crippen molar-refractivity contribution >= 4 is 0 Å². The lowest BCUT2D eigenvalue weighted by atomic mass is 10.0. The molecule has 18 heavy (non-hydrogen) atoms. The summed E-state index contributed by atoms with van der Waals surface area (Å²) in [6.07, 6.45) is 3.79. The molecule has 0 radical (unpaired) electrons. The Morgan fingerprint density at radius 3 is 2.39 bits per heavy atom. The van der Waals surface area contributed by atoms with E-state index in [9.17, 15) is 0 Å². The standard InChI is InChI=1S/C15H19N3/c1-11(2)16-10-15-17-8-13(9-18-15)14-7-5-4-6-12(14)3/h4-9,11,16H,10H2,1-3H3. The van der Waals surface area contributed by atoms with Crippen LogP contribution in [0.15, 0.2) is 36.7 Å². The number of rotatable bonds is 4. The van der Waals surface area contributed by atoms with Gasteiger partial charge in [0.2, 0.25) is 0 Å². The van der Waals surface area contributed by atoms with E-state index >= 15 is 0 Å². The molecular weight excluding hydrogens is 222 g/mol. The number of hydrogen-bond donors (Lipinski definition) is 1. The number of benzene rings is 1. The van der Waals surface area contributed by atoms with Gasteiger partial charge < -0.3 is 5.32 Å². The van der Waals surface area contributed by atoms with E-state index in [-0.39, 0.29) is 0 Å². The van der Waals surface area contributed by atoms with Gasteiger partial charge in [-0.1, -0.05) is 38.1 Å². The van der Waals surface area contributed by atoms with Gasteiger partial charge in [-0.2, -0.15) is 0 Å². The first-order valence-electron chi connectivity index (χ1n) is 6.27. The molecule has 0 saturated heterocycles. The predicted octanol–water partition coefficient (Wildman–Crippen LogP) is 2.95. The number of nitrogens with zero attached hydrogens (tertiary/aromatic N) is 2.